The maximum atomic E-state index is 13.9. The van der Waals surface area contributed by atoms with E-state index in [4.69, 9.17) is 5.11 Å². The zero-order valence-corrected chi connectivity index (χ0v) is 21.2. The van der Waals surface area contributed by atoms with E-state index in [0.29, 0.717) is 23.1 Å². The van der Waals surface area contributed by atoms with Crippen LogP contribution in [0.2, 0.25) is 0 Å². The molecule has 3 aromatic rings. The third-order valence-corrected chi connectivity index (χ3v) is 6.21. The fraction of sp³-hybridized carbons (Fsp3) is 0.172. The molecule has 2 atom stereocenters. The number of aliphatic carboxylic acids is 1. The summed E-state index contributed by atoms with van der Waals surface area (Å²) in [5.74, 6) is -3.72. The highest BCUT2D eigenvalue weighted by Gasteiger charge is 2.38. The van der Waals surface area contributed by atoms with Crippen molar-refractivity contribution in [2.24, 2.45) is 0 Å². The molecule has 4 rings (SSSR count). The number of rotatable bonds is 9. The summed E-state index contributed by atoms with van der Waals surface area (Å²) in [6.45, 7) is -0.818. The Labute approximate surface area is 229 Å². The van der Waals surface area contributed by atoms with E-state index < -0.39 is 54.6 Å². The Morgan fingerprint density at radius 2 is 1.45 bits per heavy atom. The van der Waals surface area contributed by atoms with Crippen LogP contribution in [0.3, 0.4) is 0 Å². The average Bonchev–Trinajstić information content (AvgIpc) is 3.07. The van der Waals surface area contributed by atoms with E-state index in [1.807, 2.05) is 0 Å². The summed E-state index contributed by atoms with van der Waals surface area (Å²) in [6, 6.07) is 20.6. The van der Waals surface area contributed by atoms with Crippen molar-refractivity contribution in [3.8, 4) is 0 Å². The lowest BCUT2D eigenvalue weighted by molar-refractivity contribution is -0.138. The second-order valence-electron chi connectivity index (χ2n) is 8.99. The molecule has 1 aliphatic heterocycles. The van der Waals surface area contributed by atoms with Crippen molar-refractivity contribution in [2.75, 3.05) is 22.9 Å². The van der Waals surface area contributed by atoms with Crippen LogP contribution in [0.1, 0.15) is 27.1 Å². The van der Waals surface area contributed by atoms with E-state index in [9.17, 15) is 28.8 Å². The van der Waals surface area contributed by atoms with Gasteiger partial charge in [0, 0.05) is 11.1 Å². The van der Waals surface area contributed by atoms with Gasteiger partial charge < -0.3 is 25.4 Å². The van der Waals surface area contributed by atoms with E-state index >= 15 is 0 Å². The van der Waals surface area contributed by atoms with Crippen LogP contribution in [-0.4, -0.2) is 66.2 Å². The molecule has 0 fully saturated rings. The quantitative estimate of drug-likeness (QED) is 0.348. The number of aldehydes is 1. The van der Waals surface area contributed by atoms with E-state index in [-0.39, 0.29) is 12.2 Å². The van der Waals surface area contributed by atoms with Crippen LogP contribution < -0.4 is 20.4 Å². The minimum Gasteiger partial charge on any atom is -0.481 e. The maximum Gasteiger partial charge on any atom is 0.305 e. The molecule has 0 bridgehead atoms. The zero-order chi connectivity index (χ0) is 28.6. The molecule has 4 amide bonds. The molecule has 204 valence electrons. The third kappa shape index (κ3) is 6.38. The Morgan fingerprint density at radius 3 is 2.05 bits per heavy atom. The molecule has 40 heavy (non-hydrogen) atoms. The van der Waals surface area contributed by atoms with Crippen LogP contribution in [0.4, 0.5) is 11.4 Å². The molecule has 0 radical (unpaired) electrons. The fourth-order valence-corrected chi connectivity index (χ4v) is 4.33. The maximum absolute atomic E-state index is 13.9. The Balaban J connectivity index is 1.72. The highest BCUT2D eigenvalue weighted by atomic mass is 16.4. The van der Waals surface area contributed by atoms with Crippen molar-refractivity contribution in [3.63, 3.8) is 0 Å². The van der Waals surface area contributed by atoms with Gasteiger partial charge in [-0.1, -0.05) is 48.5 Å². The van der Waals surface area contributed by atoms with Crippen molar-refractivity contribution in [2.45, 2.75) is 18.5 Å². The SMILES string of the molecule is O=C[C@H](CC(=O)O)NC(=O)CN1C(=O)C(NC(=O)c2ccccc2)CN(C(=O)c2ccccc2)c2ccccc21. The summed E-state index contributed by atoms with van der Waals surface area (Å²) in [4.78, 5) is 78.3. The minimum absolute atomic E-state index is 0.226. The van der Waals surface area contributed by atoms with Gasteiger partial charge in [-0.25, -0.2) is 0 Å². The second kappa shape index (κ2) is 12.5. The Morgan fingerprint density at radius 1 is 0.875 bits per heavy atom. The Kier molecular flexibility index (Phi) is 8.65. The largest absolute Gasteiger partial charge is 0.481 e. The predicted molar refractivity (Wildman–Crippen MR) is 145 cm³/mol. The first-order valence-electron chi connectivity index (χ1n) is 12.4. The fourth-order valence-electron chi connectivity index (χ4n) is 4.33. The van der Waals surface area contributed by atoms with Crippen LogP contribution in [-0.2, 0) is 19.2 Å². The van der Waals surface area contributed by atoms with Gasteiger partial charge in [0.15, 0.2) is 0 Å². The lowest BCUT2D eigenvalue weighted by atomic mass is 10.1. The van der Waals surface area contributed by atoms with Crippen LogP contribution >= 0.6 is 0 Å². The summed E-state index contributed by atoms with van der Waals surface area (Å²) < 4.78 is 0. The first-order chi connectivity index (χ1) is 19.3. The predicted octanol–water partition coefficient (Wildman–Crippen LogP) is 1.64. The number of para-hydroxylation sites is 2. The highest BCUT2D eigenvalue weighted by molar-refractivity contribution is 6.14. The number of hydrogen-bond donors (Lipinski definition) is 3. The van der Waals surface area contributed by atoms with Gasteiger partial charge in [0.1, 0.15) is 18.9 Å². The van der Waals surface area contributed by atoms with Crippen molar-refractivity contribution in [3.05, 3.63) is 96.1 Å². The second-order valence-corrected chi connectivity index (χ2v) is 8.99. The lowest BCUT2D eigenvalue weighted by Gasteiger charge is -2.25. The third-order valence-electron chi connectivity index (χ3n) is 6.21. The van der Waals surface area contributed by atoms with Crippen LogP contribution in [0, 0.1) is 0 Å². The molecule has 1 aliphatic rings. The molecule has 3 aromatic carbocycles. The molecule has 1 unspecified atom stereocenters. The summed E-state index contributed by atoms with van der Waals surface area (Å²) in [5, 5.41) is 14.0. The molecule has 0 spiro atoms. The van der Waals surface area contributed by atoms with Crippen LogP contribution in [0.15, 0.2) is 84.9 Å². The number of anilines is 2. The zero-order valence-electron chi connectivity index (χ0n) is 21.2. The van der Waals surface area contributed by atoms with E-state index in [0.717, 1.165) is 4.90 Å². The molecule has 0 saturated heterocycles. The van der Waals surface area contributed by atoms with Gasteiger partial charge in [0.2, 0.25) is 5.91 Å². The number of carboxylic acids is 1. The van der Waals surface area contributed by atoms with E-state index in [2.05, 4.69) is 10.6 Å². The van der Waals surface area contributed by atoms with Crippen LogP contribution in [0.25, 0.3) is 0 Å². The van der Waals surface area contributed by atoms with Gasteiger partial charge >= 0.3 is 5.97 Å². The number of fused-ring (bicyclic) bond motifs is 1. The van der Waals surface area contributed by atoms with Gasteiger partial charge in [-0.2, -0.15) is 0 Å². The van der Waals surface area contributed by atoms with Crippen molar-refractivity contribution < 1.29 is 33.9 Å². The summed E-state index contributed by atoms with van der Waals surface area (Å²) >= 11 is 0. The molecule has 11 heteroatoms. The number of nitrogens with one attached hydrogen (secondary N) is 2. The van der Waals surface area contributed by atoms with Gasteiger partial charge in [-0.15, -0.1) is 0 Å². The first-order valence-corrected chi connectivity index (χ1v) is 12.4. The van der Waals surface area contributed by atoms with Crippen LogP contribution in [0.5, 0.6) is 0 Å². The molecule has 0 saturated carbocycles. The van der Waals surface area contributed by atoms with Crippen molar-refractivity contribution >= 4 is 47.3 Å². The number of hydrogen-bond acceptors (Lipinski definition) is 6. The molecule has 3 N–H and O–H groups in total. The normalized spacial score (nSPS) is 15.3. The summed E-state index contributed by atoms with van der Waals surface area (Å²) in [6.07, 6.45) is -0.331. The first kappa shape index (κ1) is 27.7. The standard InChI is InChI=1S/C29H26N4O7/c34-18-21(15-26(36)37)30-25(35)17-33-24-14-8-7-13-23(24)32(28(39)20-11-5-2-6-12-20)16-22(29(33)40)31-27(38)19-9-3-1-4-10-19/h1-14,18,21-22H,15-17H2,(H,30,35)(H,31,38)(H,36,37)/t21-,22?/m0/s1. The van der Waals surface area contributed by atoms with Gasteiger partial charge in [0.05, 0.1) is 30.4 Å². The molecule has 0 aliphatic carbocycles. The van der Waals surface area contributed by atoms with E-state index in [1.54, 1.807) is 84.9 Å². The molecule has 0 aromatic heterocycles. The smallest absolute Gasteiger partial charge is 0.305 e. The van der Waals surface area contributed by atoms with Crippen molar-refractivity contribution in [1.29, 1.82) is 0 Å². The molecule has 1 heterocycles. The Bertz CT molecular complexity index is 1430. The molecule has 11 nitrogen and oxygen atoms in total. The monoisotopic (exact) mass is 542 g/mol. The van der Waals surface area contributed by atoms with Gasteiger partial charge in [-0.3, -0.25) is 28.9 Å². The summed E-state index contributed by atoms with van der Waals surface area (Å²) in [7, 11) is 0. The number of carbonyl (C=O) groups is 6. The number of carboxylic acid groups (broad SMARTS) is 1. The number of amides is 4. The molecular formula is C29H26N4O7. The number of benzene rings is 3. The number of carbonyl (C=O) groups excluding carboxylic acids is 5. The minimum atomic E-state index is -1.30. The Hall–Kier alpha value is -5.32. The lowest BCUT2D eigenvalue weighted by Crippen LogP contribution is -2.54. The summed E-state index contributed by atoms with van der Waals surface area (Å²) in [5.41, 5.74) is 1.20. The van der Waals surface area contributed by atoms with Crippen molar-refractivity contribution in [1.82, 2.24) is 10.6 Å². The highest BCUT2D eigenvalue weighted by Crippen LogP contribution is 2.33. The topological polar surface area (TPSA) is 153 Å². The van der Waals surface area contributed by atoms with E-state index in [1.165, 1.54) is 4.90 Å². The van der Waals surface area contributed by atoms with Gasteiger partial charge in [-0.05, 0) is 36.4 Å². The average molecular weight is 543 g/mol. The number of nitrogens with zero attached hydrogens (tertiary/aromatic N) is 2. The molecular weight excluding hydrogens is 516 g/mol. The van der Waals surface area contributed by atoms with Gasteiger partial charge in [0.25, 0.3) is 17.7 Å².